The van der Waals surface area contributed by atoms with Gasteiger partial charge in [-0.05, 0) is 39.3 Å². The van der Waals surface area contributed by atoms with Crippen LogP contribution in [0.5, 0.6) is 0 Å². The van der Waals surface area contributed by atoms with Crippen LogP contribution in [-0.2, 0) is 6.54 Å². The molecule has 152 valence electrons. The Bertz CT molecular complexity index is 1200. The molecule has 1 amide bonds. The predicted octanol–water partition coefficient (Wildman–Crippen LogP) is 4.81. The van der Waals surface area contributed by atoms with Crippen LogP contribution in [0.15, 0.2) is 54.6 Å². The maximum atomic E-state index is 12.8. The zero-order chi connectivity index (χ0) is 21.3. The summed E-state index contributed by atoms with van der Waals surface area (Å²) < 4.78 is 1.92. The Hall–Kier alpha value is -3.67. The fourth-order valence-corrected chi connectivity index (χ4v) is 3.51. The van der Waals surface area contributed by atoms with Gasteiger partial charge in [0.25, 0.3) is 5.91 Å². The minimum absolute atomic E-state index is 0.234. The highest BCUT2D eigenvalue weighted by Gasteiger charge is 2.17. The number of anilines is 1. The molecule has 4 aromatic rings. The van der Waals surface area contributed by atoms with E-state index in [1.807, 2.05) is 55.8 Å². The van der Waals surface area contributed by atoms with E-state index in [0.717, 1.165) is 28.3 Å². The highest BCUT2D eigenvalue weighted by molar-refractivity contribution is 6.04. The van der Waals surface area contributed by atoms with Crippen molar-refractivity contribution in [2.24, 2.45) is 0 Å². The Morgan fingerprint density at radius 2 is 1.77 bits per heavy atom. The lowest BCUT2D eigenvalue weighted by Crippen LogP contribution is -2.14. The quantitative estimate of drug-likeness (QED) is 0.506. The van der Waals surface area contributed by atoms with Crippen molar-refractivity contribution in [3.8, 4) is 11.3 Å². The van der Waals surface area contributed by atoms with Crippen molar-refractivity contribution < 1.29 is 4.79 Å². The monoisotopic (exact) mass is 399 g/mol. The van der Waals surface area contributed by atoms with Crippen LogP contribution in [0.3, 0.4) is 0 Å². The lowest BCUT2D eigenvalue weighted by atomic mass is 10.1. The Morgan fingerprint density at radius 1 is 1.00 bits per heavy atom. The topological polar surface area (TPSA) is 75.6 Å². The minimum atomic E-state index is -0.234. The van der Waals surface area contributed by atoms with Crippen molar-refractivity contribution in [1.29, 1.82) is 0 Å². The first-order chi connectivity index (χ1) is 14.4. The highest BCUT2D eigenvalue weighted by atomic mass is 16.2. The van der Waals surface area contributed by atoms with E-state index >= 15 is 0 Å². The molecule has 0 saturated carbocycles. The van der Waals surface area contributed by atoms with Gasteiger partial charge < -0.3 is 5.32 Å². The molecule has 0 spiro atoms. The molecule has 0 atom stereocenters. The van der Waals surface area contributed by atoms with Crippen LogP contribution in [0, 0.1) is 27.7 Å². The van der Waals surface area contributed by atoms with Gasteiger partial charge in [0.1, 0.15) is 5.69 Å². The molecule has 0 fully saturated rings. The summed E-state index contributed by atoms with van der Waals surface area (Å²) in [4.78, 5) is 12.8. The van der Waals surface area contributed by atoms with Gasteiger partial charge in [0.05, 0.1) is 29.3 Å². The van der Waals surface area contributed by atoms with Crippen LogP contribution in [-0.4, -0.2) is 25.9 Å². The second-order valence-electron chi connectivity index (χ2n) is 7.68. The number of aromatic nitrogens is 4. The van der Waals surface area contributed by atoms with E-state index in [1.54, 1.807) is 6.07 Å². The zero-order valence-corrected chi connectivity index (χ0v) is 17.7. The zero-order valence-electron chi connectivity index (χ0n) is 17.7. The van der Waals surface area contributed by atoms with Crippen LogP contribution in [0.4, 0.5) is 5.69 Å². The Labute approximate surface area is 176 Å². The summed E-state index contributed by atoms with van der Waals surface area (Å²) in [5, 5.41) is 14.7. The Balaban J connectivity index is 1.52. The number of carbonyl (C=O) groups excluding carboxylic acids is 1. The summed E-state index contributed by atoms with van der Waals surface area (Å²) in [6, 6.07) is 18.2. The molecule has 2 aromatic carbocycles. The van der Waals surface area contributed by atoms with E-state index in [0.29, 0.717) is 12.2 Å². The minimum Gasteiger partial charge on any atom is -0.318 e. The Kier molecular flexibility index (Phi) is 5.23. The molecule has 0 aliphatic heterocycles. The maximum Gasteiger partial charge on any atom is 0.273 e. The van der Waals surface area contributed by atoms with Gasteiger partial charge in [-0.25, -0.2) is 0 Å². The molecule has 2 heterocycles. The molecule has 0 aliphatic carbocycles. The van der Waals surface area contributed by atoms with E-state index in [4.69, 9.17) is 0 Å². The largest absolute Gasteiger partial charge is 0.318 e. The van der Waals surface area contributed by atoms with E-state index in [1.165, 1.54) is 16.7 Å². The number of nitrogens with one attached hydrogen (secondary N) is 2. The molecule has 4 rings (SSSR count). The number of hydrogen-bond donors (Lipinski definition) is 2. The third kappa shape index (κ3) is 4.03. The standard InChI is InChI=1S/C24H25N5O/c1-15-8-10-20(11-9-15)21-13-22(27-26-21)24(30)25-23-17(3)28-29(18(23)4)14-19-7-5-6-16(2)12-19/h5-13H,14H2,1-4H3,(H,25,30)(H,26,27). The molecule has 0 aliphatic rings. The fraction of sp³-hybridized carbons (Fsp3) is 0.208. The van der Waals surface area contributed by atoms with Crippen LogP contribution in [0.25, 0.3) is 11.3 Å². The smallest absolute Gasteiger partial charge is 0.273 e. The van der Waals surface area contributed by atoms with Crippen LogP contribution < -0.4 is 5.32 Å². The van der Waals surface area contributed by atoms with Gasteiger partial charge in [-0.2, -0.15) is 10.2 Å². The average Bonchev–Trinajstić information content (AvgIpc) is 3.30. The first kappa shape index (κ1) is 19.6. The van der Waals surface area contributed by atoms with E-state index in [9.17, 15) is 4.79 Å². The van der Waals surface area contributed by atoms with Crippen molar-refractivity contribution in [3.05, 3.63) is 88.4 Å². The first-order valence-corrected chi connectivity index (χ1v) is 9.94. The average molecular weight is 399 g/mol. The summed E-state index contributed by atoms with van der Waals surface area (Å²) in [5.74, 6) is -0.234. The highest BCUT2D eigenvalue weighted by Crippen LogP contribution is 2.23. The third-order valence-electron chi connectivity index (χ3n) is 5.20. The molecule has 0 saturated heterocycles. The predicted molar refractivity (Wildman–Crippen MR) is 119 cm³/mol. The summed E-state index contributed by atoms with van der Waals surface area (Å²) in [6.45, 7) is 8.64. The number of carbonyl (C=O) groups is 1. The molecule has 0 radical (unpaired) electrons. The van der Waals surface area contributed by atoms with Gasteiger partial charge in [0.15, 0.2) is 0 Å². The van der Waals surface area contributed by atoms with Gasteiger partial charge in [0, 0.05) is 5.56 Å². The molecule has 2 N–H and O–H groups in total. The fourth-order valence-electron chi connectivity index (χ4n) is 3.51. The SMILES string of the molecule is Cc1ccc(-c2cc(C(=O)Nc3c(C)nn(Cc4cccc(C)c4)c3C)[nH]n2)cc1. The van der Waals surface area contributed by atoms with Crippen molar-refractivity contribution in [3.63, 3.8) is 0 Å². The molecular formula is C24H25N5O. The van der Waals surface area contributed by atoms with Gasteiger partial charge in [-0.1, -0.05) is 59.7 Å². The van der Waals surface area contributed by atoms with Crippen LogP contribution in [0.1, 0.15) is 38.6 Å². The lowest BCUT2D eigenvalue weighted by Gasteiger charge is -2.07. The number of H-pyrrole nitrogens is 1. The second-order valence-corrected chi connectivity index (χ2v) is 7.68. The summed E-state index contributed by atoms with van der Waals surface area (Å²) in [7, 11) is 0. The third-order valence-corrected chi connectivity index (χ3v) is 5.20. The van der Waals surface area contributed by atoms with Crippen molar-refractivity contribution in [2.75, 3.05) is 5.32 Å². The number of hydrogen-bond acceptors (Lipinski definition) is 3. The number of amides is 1. The van der Waals surface area contributed by atoms with E-state index < -0.39 is 0 Å². The van der Waals surface area contributed by atoms with Crippen molar-refractivity contribution in [1.82, 2.24) is 20.0 Å². The molecule has 6 heteroatoms. The molecule has 0 unspecified atom stereocenters. The van der Waals surface area contributed by atoms with Crippen LogP contribution in [0.2, 0.25) is 0 Å². The number of benzene rings is 2. The number of nitrogens with zero attached hydrogens (tertiary/aromatic N) is 3. The maximum absolute atomic E-state index is 12.8. The molecule has 0 bridgehead atoms. The first-order valence-electron chi connectivity index (χ1n) is 9.94. The van der Waals surface area contributed by atoms with Crippen molar-refractivity contribution in [2.45, 2.75) is 34.2 Å². The normalized spacial score (nSPS) is 10.9. The molecule has 2 aromatic heterocycles. The number of rotatable bonds is 5. The van der Waals surface area contributed by atoms with Gasteiger partial charge in [-0.15, -0.1) is 0 Å². The summed E-state index contributed by atoms with van der Waals surface area (Å²) in [6.07, 6.45) is 0. The van der Waals surface area contributed by atoms with E-state index in [-0.39, 0.29) is 5.91 Å². The molecular weight excluding hydrogens is 374 g/mol. The van der Waals surface area contributed by atoms with Crippen LogP contribution >= 0.6 is 0 Å². The second kappa shape index (κ2) is 7.99. The van der Waals surface area contributed by atoms with Gasteiger partial charge in [-0.3, -0.25) is 14.6 Å². The van der Waals surface area contributed by atoms with E-state index in [2.05, 4.69) is 45.7 Å². The Morgan fingerprint density at radius 3 is 2.50 bits per heavy atom. The van der Waals surface area contributed by atoms with Gasteiger partial charge >= 0.3 is 0 Å². The molecule has 6 nitrogen and oxygen atoms in total. The summed E-state index contributed by atoms with van der Waals surface area (Å²) in [5.41, 5.74) is 8.13. The summed E-state index contributed by atoms with van der Waals surface area (Å²) >= 11 is 0. The van der Waals surface area contributed by atoms with Crippen molar-refractivity contribution >= 4 is 11.6 Å². The number of aromatic amines is 1. The molecule has 30 heavy (non-hydrogen) atoms. The van der Waals surface area contributed by atoms with Gasteiger partial charge in [0.2, 0.25) is 0 Å². The lowest BCUT2D eigenvalue weighted by molar-refractivity contribution is 0.102. The number of aryl methyl sites for hydroxylation is 3.